The average molecular weight is 455 g/mol. The maximum atomic E-state index is 13.2. The summed E-state index contributed by atoms with van der Waals surface area (Å²) in [5.74, 6) is 0.0111. The molecule has 3 aromatic carbocycles. The molecule has 1 aliphatic heterocycles. The van der Waals surface area contributed by atoms with Crippen LogP contribution in [0.4, 0.5) is 5.69 Å². The summed E-state index contributed by atoms with van der Waals surface area (Å²) in [6.45, 7) is 4.98. The third-order valence-corrected chi connectivity index (χ3v) is 5.87. The monoisotopic (exact) mass is 454 g/mol. The van der Waals surface area contributed by atoms with Crippen LogP contribution in [-0.4, -0.2) is 43.0 Å². The van der Waals surface area contributed by atoms with Crippen molar-refractivity contribution in [3.63, 3.8) is 0 Å². The Morgan fingerprint density at radius 1 is 0.912 bits per heavy atom. The Kier molecular flexibility index (Phi) is 7.89. The molecule has 4 rings (SSSR count). The fourth-order valence-electron chi connectivity index (χ4n) is 4.00. The molecule has 0 radical (unpaired) electrons. The van der Waals surface area contributed by atoms with E-state index in [-0.39, 0.29) is 11.8 Å². The first-order valence-electron chi connectivity index (χ1n) is 11.6. The first kappa shape index (κ1) is 23.5. The predicted molar refractivity (Wildman–Crippen MR) is 135 cm³/mol. The van der Waals surface area contributed by atoms with Gasteiger partial charge in [0.1, 0.15) is 0 Å². The summed E-state index contributed by atoms with van der Waals surface area (Å²) in [7, 11) is 0. The van der Waals surface area contributed by atoms with Crippen molar-refractivity contribution < 1.29 is 14.3 Å². The van der Waals surface area contributed by atoms with Gasteiger partial charge in [-0.15, -0.1) is 0 Å². The number of rotatable bonds is 7. The third-order valence-electron chi connectivity index (χ3n) is 5.87. The number of morpholine rings is 1. The number of carbonyl (C=O) groups is 2. The van der Waals surface area contributed by atoms with Gasteiger partial charge in [-0.05, 0) is 41.8 Å². The van der Waals surface area contributed by atoms with Crippen LogP contribution in [0.5, 0.6) is 0 Å². The van der Waals surface area contributed by atoms with E-state index in [1.54, 1.807) is 11.0 Å². The van der Waals surface area contributed by atoms with Gasteiger partial charge in [0.05, 0.1) is 26.2 Å². The highest BCUT2D eigenvalue weighted by Gasteiger charge is 2.18. The Labute approximate surface area is 201 Å². The summed E-state index contributed by atoms with van der Waals surface area (Å²) < 4.78 is 5.33. The maximum Gasteiger partial charge on any atom is 0.251 e. The molecule has 2 amide bonds. The first-order valence-corrected chi connectivity index (χ1v) is 11.6. The van der Waals surface area contributed by atoms with Crippen LogP contribution in [0.1, 0.15) is 22.3 Å². The quantitative estimate of drug-likeness (QED) is 0.489. The number of hydrogen-bond donors (Lipinski definition) is 0. The highest BCUT2D eigenvalue weighted by atomic mass is 16.5. The van der Waals surface area contributed by atoms with Crippen LogP contribution in [0.15, 0.2) is 84.9 Å². The minimum absolute atomic E-state index is 0.0949. The predicted octanol–water partition coefficient (Wildman–Crippen LogP) is 4.64. The van der Waals surface area contributed by atoms with Crippen molar-refractivity contribution in [2.24, 2.45) is 0 Å². The van der Waals surface area contributed by atoms with Crippen molar-refractivity contribution in [2.75, 3.05) is 31.2 Å². The van der Waals surface area contributed by atoms with Gasteiger partial charge in [-0.1, -0.05) is 72.3 Å². The van der Waals surface area contributed by atoms with Gasteiger partial charge in [-0.2, -0.15) is 0 Å². The van der Waals surface area contributed by atoms with Crippen molar-refractivity contribution in [2.45, 2.75) is 19.9 Å². The van der Waals surface area contributed by atoms with E-state index in [0.717, 1.165) is 27.9 Å². The molecule has 0 bridgehead atoms. The number of aryl methyl sites for hydroxylation is 1. The van der Waals surface area contributed by atoms with E-state index in [1.165, 1.54) is 0 Å². The van der Waals surface area contributed by atoms with E-state index < -0.39 is 0 Å². The molecular weight excluding hydrogens is 424 g/mol. The van der Waals surface area contributed by atoms with Gasteiger partial charge in [0, 0.05) is 24.9 Å². The molecular formula is C29H30N2O3. The van der Waals surface area contributed by atoms with Crippen molar-refractivity contribution in [3.05, 3.63) is 107 Å². The van der Waals surface area contributed by atoms with E-state index >= 15 is 0 Å². The number of anilines is 1. The summed E-state index contributed by atoms with van der Waals surface area (Å²) >= 11 is 0. The van der Waals surface area contributed by atoms with Gasteiger partial charge >= 0.3 is 0 Å². The summed E-state index contributed by atoms with van der Waals surface area (Å²) in [6, 6.07) is 25.7. The fourth-order valence-corrected chi connectivity index (χ4v) is 4.00. The lowest BCUT2D eigenvalue weighted by molar-refractivity contribution is -0.134. The van der Waals surface area contributed by atoms with Crippen molar-refractivity contribution in [1.29, 1.82) is 0 Å². The second-order valence-electron chi connectivity index (χ2n) is 8.49. The lowest BCUT2D eigenvalue weighted by Crippen LogP contribution is -2.41. The lowest BCUT2D eigenvalue weighted by atomic mass is 10.1. The van der Waals surface area contributed by atoms with Crippen molar-refractivity contribution >= 4 is 23.6 Å². The van der Waals surface area contributed by atoms with E-state index in [2.05, 4.69) is 6.07 Å². The molecule has 0 saturated carbocycles. The molecule has 1 heterocycles. The molecule has 5 nitrogen and oxygen atoms in total. The van der Waals surface area contributed by atoms with Crippen LogP contribution < -0.4 is 4.90 Å². The molecule has 0 aromatic heterocycles. The summed E-state index contributed by atoms with van der Waals surface area (Å²) in [4.78, 5) is 29.4. The van der Waals surface area contributed by atoms with Gasteiger partial charge in [0.15, 0.2) is 0 Å². The van der Waals surface area contributed by atoms with Crippen LogP contribution in [0.25, 0.3) is 6.08 Å². The molecule has 1 saturated heterocycles. The molecule has 0 aliphatic carbocycles. The number of benzene rings is 3. The highest BCUT2D eigenvalue weighted by molar-refractivity contribution is 6.03. The minimum atomic E-state index is -0.0949. The van der Waals surface area contributed by atoms with E-state index in [1.807, 2.05) is 90.7 Å². The van der Waals surface area contributed by atoms with Gasteiger partial charge in [-0.25, -0.2) is 0 Å². The Morgan fingerprint density at radius 3 is 2.35 bits per heavy atom. The number of nitrogens with zero attached hydrogens (tertiary/aromatic N) is 2. The highest BCUT2D eigenvalue weighted by Crippen LogP contribution is 2.21. The Hall–Kier alpha value is -3.70. The molecule has 174 valence electrons. The van der Waals surface area contributed by atoms with Gasteiger partial charge < -0.3 is 14.5 Å². The number of ether oxygens (including phenoxy) is 1. The van der Waals surface area contributed by atoms with Crippen LogP contribution in [0.3, 0.4) is 0 Å². The van der Waals surface area contributed by atoms with E-state index in [4.69, 9.17) is 4.74 Å². The molecule has 3 aromatic rings. The molecule has 1 aliphatic rings. The van der Waals surface area contributed by atoms with Gasteiger partial charge in [-0.3, -0.25) is 9.59 Å². The van der Waals surface area contributed by atoms with Crippen molar-refractivity contribution in [1.82, 2.24) is 4.90 Å². The fraction of sp³-hybridized carbons (Fsp3) is 0.241. The van der Waals surface area contributed by atoms with Crippen LogP contribution in [0.2, 0.25) is 0 Å². The number of carbonyl (C=O) groups excluding carboxylic acids is 2. The SMILES string of the molecule is Cc1cccc(CN(C(=O)C=Cc2ccccc2)c2ccc(CC(=O)N3CCOCC3)cc2)c1. The Balaban J connectivity index is 1.52. The second kappa shape index (κ2) is 11.4. The van der Waals surface area contributed by atoms with Crippen LogP contribution in [-0.2, 0) is 27.3 Å². The van der Waals surface area contributed by atoms with E-state index in [9.17, 15) is 9.59 Å². The average Bonchev–Trinajstić information content (AvgIpc) is 2.87. The minimum Gasteiger partial charge on any atom is -0.378 e. The number of amides is 2. The molecule has 5 heteroatoms. The summed E-state index contributed by atoms with van der Waals surface area (Å²) in [6.07, 6.45) is 3.79. The zero-order chi connectivity index (χ0) is 23.8. The third kappa shape index (κ3) is 6.42. The van der Waals surface area contributed by atoms with Gasteiger partial charge in [0.2, 0.25) is 5.91 Å². The Morgan fingerprint density at radius 2 is 1.65 bits per heavy atom. The Bertz CT molecular complexity index is 1130. The molecule has 0 atom stereocenters. The van der Waals surface area contributed by atoms with Crippen LogP contribution >= 0.6 is 0 Å². The molecule has 0 spiro atoms. The maximum absolute atomic E-state index is 13.2. The summed E-state index contributed by atoms with van der Waals surface area (Å²) in [5.41, 5.74) is 4.92. The molecule has 0 unspecified atom stereocenters. The summed E-state index contributed by atoms with van der Waals surface area (Å²) in [5, 5.41) is 0. The standard InChI is InChI=1S/C29H30N2O3/c1-23-6-5-9-26(20-23)22-31(28(32)15-12-24-7-3-2-4-8-24)27-13-10-25(11-14-27)21-29(33)30-16-18-34-19-17-30/h2-15,20H,16-19,21-22H2,1H3. The van der Waals surface area contributed by atoms with E-state index in [0.29, 0.717) is 39.3 Å². The lowest BCUT2D eigenvalue weighted by Gasteiger charge is -2.27. The topological polar surface area (TPSA) is 49.9 Å². The molecule has 1 fully saturated rings. The normalized spacial score (nSPS) is 13.7. The van der Waals surface area contributed by atoms with Crippen LogP contribution in [0, 0.1) is 6.92 Å². The smallest absolute Gasteiger partial charge is 0.251 e. The zero-order valence-electron chi connectivity index (χ0n) is 19.5. The van der Waals surface area contributed by atoms with Gasteiger partial charge in [0.25, 0.3) is 5.91 Å². The molecule has 0 N–H and O–H groups in total. The zero-order valence-corrected chi connectivity index (χ0v) is 19.5. The first-order chi connectivity index (χ1) is 16.6. The largest absolute Gasteiger partial charge is 0.378 e. The molecule has 34 heavy (non-hydrogen) atoms. The number of hydrogen-bond acceptors (Lipinski definition) is 3. The van der Waals surface area contributed by atoms with Crippen molar-refractivity contribution in [3.8, 4) is 0 Å². The second-order valence-corrected chi connectivity index (χ2v) is 8.49.